The van der Waals surface area contributed by atoms with Gasteiger partial charge in [-0.15, -0.1) is 10.2 Å². The number of hydrogen-bond donors (Lipinski definition) is 1. The van der Waals surface area contributed by atoms with Gasteiger partial charge in [0, 0.05) is 17.8 Å². The molecule has 1 atom stereocenters. The summed E-state index contributed by atoms with van der Waals surface area (Å²) in [6, 6.07) is 8.10. The first-order valence-electron chi connectivity index (χ1n) is 6.67. The van der Waals surface area contributed by atoms with Gasteiger partial charge in [-0.25, -0.2) is 0 Å². The third-order valence-electron chi connectivity index (χ3n) is 3.46. The Morgan fingerprint density at radius 2 is 2.11 bits per heavy atom. The van der Waals surface area contributed by atoms with E-state index in [1.165, 1.54) is 25.7 Å². The molecule has 1 aromatic heterocycles. The maximum Gasteiger partial charge on any atom is 0.247 e. The quantitative estimate of drug-likeness (QED) is 0.849. The number of allylic oxidation sites excluding steroid dienone is 2. The Kier molecular flexibility index (Phi) is 3.58. The summed E-state index contributed by atoms with van der Waals surface area (Å²) in [5.41, 5.74) is 2.08. The summed E-state index contributed by atoms with van der Waals surface area (Å²) < 4.78 is 5.16. The fourth-order valence-electron chi connectivity index (χ4n) is 2.33. The molecule has 1 aliphatic carbocycles. The Hall–Kier alpha value is -2.10. The van der Waals surface area contributed by atoms with E-state index in [0.717, 1.165) is 23.7 Å². The monoisotopic (exact) mass is 255 g/mol. The van der Waals surface area contributed by atoms with E-state index in [1.807, 2.05) is 12.1 Å². The molecule has 0 aliphatic heterocycles. The van der Waals surface area contributed by atoms with Crippen LogP contribution in [0.4, 0.5) is 5.69 Å². The van der Waals surface area contributed by atoms with Gasteiger partial charge in [0.1, 0.15) is 0 Å². The number of nitrogens with one attached hydrogen (secondary N) is 1. The van der Waals surface area contributed by atoms with E-state index >= 15 is 0 Å². The van der Waals surface area contributed by atoms with Crippen LogP contribution in [0.5, 0.6) is 0 Å². The first-order valence-corrected chi connectivity index (χ1v) is 6.67. The molecule has 0 saturated heterocycles. The first-order chi connectivity index (χ1) is 9.42. The van der Waals surface area contributed by atoms with Gasteiger partial charge in [-0.3, -0.25) is 0 Å². The normalized spacial score (nSPS) is 18.4. The molecular formula is C15H17N3O. The predicted octanol–water partition coefficient (Wildman–Crippen LogP) is 3.50. The highest BCUT2D eigenvalue weighted by atomic mass is 16.4. The highest BCUT2D eigenvalue weighted by molar-refractivity contribution is 5.58. The molecular weight excluding hydrogens is 238 g/mol. The Balaban J connectivity index is 1.58. The summed E-state index contributed by atoms with van der Waals surface area (Å²) in [4.78, 5) is 0. The largest absolute Gasteiger partial charge is 0.423 e. The summed E-state index contributed by atoms with van der Waals surface area (Å²) in [7, 11) is 0. The lowest BCUT2D eigenvalue weighted by Gasteiger charge is -2.18. The van der Waals surface area contributed by atoms with E-state index < -0.39 is 0 Å². The molecule has 98 valence electrons. The SMILES string of the molecule is C1=CCC(CNc2ccc(-c3nnco3)cc2)CC1. The molecule has 1 aromatic carbocycles. The third kappa shape index (κ3) is 3.02. The predicted molar refractivity (Wildman–Crippen MR) is 74.7 cm³/mol. The summed E-state index contributed by atoms with van der Waals surface area (Å²) in [6.45, 7) is 1.03. The molecule has 4 heteroatoms. The van der Waals surface area contributed by atoms with Gasteiger partial charge in [-0.05, 0) is 49.4 Å². The van der Waals surface area contributed by atoms with E-state index in [2.05, 4.69) is 39.8 Å². The molecule has 0 amide bonds. The Bertz CT molecular complexity index is 531. The zero-order chi connectivity index (χ0) is 12.9. The minimum Gasteiger partial charge on any atom is -0.423 e. The van der Waals surface area contributed by atoms with Gasteiger partial charge >= 0.3 is 0 Å². The Morgan fingerprint density at radius 1 is 1.21 bits per heavy atom. The molecule has 4 nitrogen and oxygen atoms in total. The molecule has 0 radical (unpaired) electrons. The average molecular weight is 255 g/mol. The lowest BCUT2D eigenvalue weighted by Crippen LogP contribution is -2.15. The molecule has 0 saturated carbocycles. The number of anilines is 1. The van der Waals surface area contributed by atoms with E-state index in [1.54, 1.807) is 0 Å². The van der Waals surface area contributed by atoms with Crippen LogP contribution in [-0.4, -0.2) is 16.7 Å². The van der Waals surface area contributed by atoms with Crippen LogP contribution in [0.2, 0.25) is 0 Å². The summed E-state index contributed by atoms with van der Waals surface area (Å²) >= 11 is 0. The summed E-state index contributed by atoms with van der Waals surface area (Å²) in [5, 5.41) is 11.1. The van der Waals surface area contributed by atoms with Gasteiger partial charge in [-0.2, -0.15) is 0 Å². The number of benzene rings is 1. The van der Waals surface area contributed by atoms with Gasteiger partial charge in [0.15, 0.2) is 0 Å². The van der Waals surface area contributed by atoms with Crippen molar-refractivity contribution in [2.45, 2.75) is 19.3 Å². The molecule has 1 aliphatic rings. The van der Waals surface area contributed by atoms with Crippen molar-refractivity contribution in [1.82, 2.24) is 10.2 Å². The molecule has 0 fully saturated rings. The molecule has 3 rings (SSSR count). The van der Waals surface area contributed by atoms with Crippen LogP contribution in [0.15, 0.2) is 47.2 Å². The van der Waals surface area contributed by atoms with Crippen molar-refractivity contribution >= 4 is 5.69 Å². The zero-order valence-corrected chi connectivity index (χ0v) is 10.7. The molecule has 0 spiro atoms. The van der Waals surface area contributed by atoms with Gasteiger partial charge < -0.3 is 9.73 Å². The van der Waals surface area contributed by atoms with Gasteiger partial charge in [0.05, 0.1) is 0 Å². The minimum absolute atomic E-state index is 0.559. The van der Waals surface area contributed by atoms with Gasteiger partial charge in [0.25, 0.3) is 0 Å². The van der Waals surface area contributed by atoms with Gasteiger partial charge in [-0.1, -0.05) is 12.2 Å². The van der Waals surface area contributed by atoms with Crippen molar-refractivity contribution < 1.29 is 4.42 Å². The van der Waals surface area contributed by atoms with Crippen molar-refractivity contribution in [2.75, 3.05) is 11.9 Å². The van der Waals surface area contributed by atoms with Crippen LogP contribution in [0.25, 0.3) is 11.5 Å². The Labute approximate surface area is 112 Å². The molecule has 1 unspecified atom stereocenters. The minimum atomic E-state index is 0.559. The maximum atomic E-state index is 5.16. The van der Waals surface area contributed by atoms with Crippen LogP contribution >= 0.6 is 0 Å². The molecule has 0 bridgehead atoms. The van der Waals surface area contributed by atoms with Crippen LogP contribution in [0.1, 0.15) is 19.3 Å². The number of rotatable bonds is 4. The number of hydrogen-bond acceptors (Lipinski definition) is 4. The lowest BCUT2D eigenvalue weighted by atomic mass is 9.94. The third-order valence-corrected chi connectivity index (χ3v) is 3.46. The van der Waals surface area contributed by atoms with Crippen molar-refractivity contribution in [3.63, 3.8) is 0 Å². The topological polar surface area (TPSA) is 51.0 Å². The first kappa shape index (κ1) is 12.0. The summed E-state index contributed by atoms with van der Waals surface area (Å²) in [6.07, 6.45) is 9.58. The molecule has 1 N–H and O–H groups in total. The Morgan fingerprint density at radius 3 is 2.79 bits per heavy atom. The second kappa shape index (κ2) is 5.69. The van der Waals surface area contributed by atoms with Crippen molar-refractivity contribution in [3.8, 4) is 11.5 Å². The zero-order valence-electron chi connectivity index (χ0n) is 10.7. The second-order valence-corrected chi connectivity index (χ2v) is 4.85. The van der Waals surface area contributed by atoms with E-state index in [9.17, 15) is 0 Å². The number of nitrogens with zero attached hydrogens (tertiary/aromatic N) is 2. The fourth-order valence-corrected chi connectivity index (χ4v) is 2.33. The molecule has 19 heavy (non-hydrogen) atoms. The van der Waals surface area contributed by atoms with Crippen molar-refractivity contribution in [1.29, 1.82) is 0 Å². The van der Waals surface area contributed by atoms with E-state index in [0.29, 0.717) is 5.89 Å². The lowest BCUT2D eigenvalue weighted by molar-refractivity contribution is 0.504. The van der Waals surface area contributed by atoms with Crippen molar-refractivity contribution in [2.24, 2.45) is 5.92 Å². The summed E-state index contributed by atoms with van der Waals surface area (Å²) in [5.74, 6) is 1.31. The highest BCUT2D eigenvalue weighted by Gasteiger charge is 2.09. The van der Waals surface area contributed by atoms with Crippen LogP contribution < -0.4 is 5.32 Å². The van der Waals surface area contributed by atoms with E-state index in [-0.39, 0.29) is 0 Å². The number of aromatic nitrogens is 2. The standard InChI is InChI=1S/C15H17N3O/c1-2-4-12(5-3-1)10-16-14-8-6-13(7-9-14)15-18-17-11-19-15/h1-2,6-9,11-12,16H,3-5,10H2. The maximum absolute atomic E-state index is 5.16. The van der Waals surface area contributed by atoms with E-state index in [4.69, 9.17) is 4.42 Å². The second-order valence-electron chi connectivity index (χ2n) is 4.85. The van der Waals surface area contributed by atoms with Crippen LogP contribution in [0, 0.1) is 5.92 Å². The highest BCUT2D eigenvalue weighted by Crippen LogP contribution is 2.21. The smallest absolute Gasteiger partial charge is 0.247 e. The fraction of sp³-hybridized carbons (Fsp3) is 0.333. The van der Waals surface area contributed by atoms with Crippen molar-refractivity contribution in [3.05, 3.63) is 42.8 Å². The van der Waals surface area contributed by atoms with Gasteiger partial charge in [0.2, 0.25) is 12.3 Å². The van der Waals surface area contributed by atoms with Crippen LogP contribution in [0.3, 0.4) is 0 Å². The molecule has 2 aromatic rings. The average Bonchev–Trinajstić information content (AvgIpc) is 3.01. The van der Waals surface area contributed by atoms with Crippen LogP contribution in [-0.2, 0) is 0 Å². The molecule has 1 heterocycles.